The number of nitrogens with two attached hydrogens (primary N) is 1. The lowest BCUT2D eigenvalue weighted by atomic mass is 10.1. The number of benzene rings is 2. The Labute approximate surface area is 268 Å². The second-order valence-electron chi connectivity index (χ2n) is 11.3. The maximum Gasteiger partial charge on any atom is 0.257 e. The number of aldehydes is 1. The van der Waals surface area contributed by atoms with Gasteiger partial charge in [-0.25, -0.2) is 15.0 Å². The highest BCUT2D eigenvalue weighted by Crippen LogP contribution is 2.31. The number of nitrogens with zero attached hydrogens (tertiary/aromatic N) is 6. The maximum atomic E-state index is 13.0. The summed E-state index contributed by atoms with van der Waals surface area (Å²) >= 11 is 0. The fourth-order valence-corrected chi connectivity index (χ4v) is 5.84. The molecule has 1 saturated heterocycles. The molecule has 47 heavy (non-hydrogen) atoms. The predicted molar refractivity (Wildman–Crippen MR) is 177 cm³/mol. The molecule has 0 spiro atoms. The number of aromatic hydroxyl groups is 1. The van der Waals surface area contributed by atoms with E-state index in [0.717, 1.165) is 11.3 Å². The number of hydrogen-bond acceptors (Lipinski definition) is 9. The van der Waals surface area contributed by atoms with Gasteiger partial charge in [-0.2, -0.15) is 0 Å². The minimum atomic E-state index is -0.232. The fourth-order valence-electron chi connectivity index (χ4n) is 5.84. The molecular formula is C35H30N8O4. The van der Waals surface area contributed by atoms with Crippen LogP contribution in [0.25, 0.3) is 39.5 Å². The number of rotatable bonds is 7. The van der Waals surface area contributed by atoms with E-state index in [1.807, 2.05) is 28.8 Å². The van der Waals surface area contributed by atoms with Crippen molar-refractivity contribution in [3.8, 4) is 34.1 Å². The van der Waals surface area contributed by atoms with Crippen LogP contribution < -0.4 is 11.3 Å². The molecule has 0 atom stereocenters. The quantitative estimate of drug-likeness (QED) is 0.223. The minimum Gasteiger partial charge on any atom is -0.507 e. The molecule has 234 valence electrons. The second kappa shape index (κ2) is 12.3. The van der Waals surface area contributed by atoms with Gasteiger partial charge in [0, 0.05) is 56.4 Å². The number of phenolic OH excluding ortho intramolecular Hbond substituents is 1. The molecule has 4 N–H and O–H groups in total. The van der Waals surface area contributed by atoms with Crippen LogP contribution in [0.1, 0.15) is 26.3 Å². The summed E-state index contributed by atoms with van der Waals surface area (Å²) in [5, 5.41) is 9.99. The van der Waals surface area contributed by atoms with Crippen LogP contribution in [0.5, 0.6) is 5.75 Å². The first-order chi connectivity index (χ1) is 22.9. The summed E-state index contributed by atoms with van der Waals surface area (Å²) in [6.45, 7) is 3.16. The van der Waals surface area contributed by atoms with Crippen LogP contribution in [0, 0.1) is 0 Å². The summed E-state index contributed by atoms with van der Waals surface area (Å²) in [6, 6.07) is 23.3. The molecule has 2 aromatic carbocycles. The summed E-state index contributed by atoms with van der Waals surface area (Å²) in [5.41, 5.74) is 11.3. The largest absolute Gasteiger partial charge is 0.507 e. The summed E-state index contributed by atoms with van der Waals surface area (Å²) < 4.78 is 1.93. The van der Waals surface area contributed by atoms with E-state index in [2.05, 4.69) is 27.0 Å². The number of anilines is 1. The van der Waals surface area contributed by atoms with Gasteiger partial charge in [0.05, 0.1) is 22.4 Å². The number of carbonyl (C=O) groups excluding carboxylic acids is 2. The van der Waals surface area contributed by atoms with E-state index in [9.17, 15) is 19.5 Å². The molecule has 5 heterocycles. The molecule has 0 bridgehead atoms. The van der Waals surface area contributed by atoms with E-state index in [-0.39, 0.29) is 22.8 Å². The molecule has 1 aliphatic heterocycles. The van der Waals surface area contributed by atoms with Gasteiger partial charge < -0.3 is 20.7 Å². The average molecular weight is 627 g/mol. The Balaban J connectivity index is 1.13. The van der Waals surface area contributed by atoms with Crippen molar-refractivity contribution in [3.05, 3.63) is 118 Å². The lowest BCUT2D eigenvalue weighted by Gasteiger charge is -2.34. The molecule has 0 unspecified atom stereocenters. The number of piperazine rings is 1. The highest BCUT2D eigenvalue weighted by molar-refractivity contribution is 5.96. The van der Waals surface area contributed by atoms with Crippen LogP contribution in [0.2, 0.25) is 0 Å². The Kier molecular flexibility index (Phi) is 7.76. The number of aromatic nitrogens is 5. The Hall–Kier alpha value is -6.14. The molecule has 0 aliphatic carbocycles. The zero-order chi connectivity index (χ0) is 32.5. The number of fused-ring (bicyclic) bond motifs is 1. The topological polar surface area (TPSA) is 163 Å². The van der Waals surface area contributed by atoms with Crippen molar-refractivity contribution in [3.63, 3.8) is 0 Å². The van der Waals surface area contributed by atoms with Gasteiger partial charge in [0.15, 0.2) is 17.8 Å². The third kappa shape index (κ3) is 5.73. The average Bonchev–Trinajstić information content (AvgIpc) is 3.47. The number of imidazole rings is 1. The minimum absolute atomic E-state index is 0.154. The van der Waals surface area contributed by atoms with Crippen molar-refractivity contribution in [2.45, 2.75) is 6.54 Å². The number of amides is 1. The van der Waals surface area contributed by atoms with Crippen molar-refractivity contribution in [2.75, 3.05) is 31.9 Å². The van der Waals surface area contributed by atoms with E-state index in [1.165, 1.54) is 12.1 Å². The Bertz CT molecular complexity index is 2180. The number of nitrogen functional groups attached to an aromatic ring is 1. The zero-order valence-corrected chi connectivity index (χ0v) is 25.2. The standard InChI is InChI=1S/C35H30N8O4/c36-31-27(4-2-13-37-31)32-40-29-12-11-28(26-3-1-14-38-34(26)46)39-33(29)43(32)25-9-5-22(6-10-25)20-41-15-17-42(18-16-41)35(47)23-7-8-24(21-44)30(45)19-23/h1-14,19,21,45H,15-18,20H2,(H2,36,37)(H,38,46). The summed E-state index contributed by atoms with van der Waals surface area (Å²) in [7, 11) is 0. The highest BCUT2D eigenvalue weighted by Gasteiger charge is 2.24. The molecule has 1 aliphatic rings. The molecule has 0 radical (unpaired) electrons. The van der Waals surface area contributed by atoms with Crippen LogP contribution in [-0.2, 0) is 6.54 Å². The molecule has 6 aromatic rings. The number of H-pyrrole nitrogens is 1. The van der Waals surface area contributed by atoms with Crippen molar-refractivity contribution >= 4 is 29.2 Å². The fraction of sp³-hybridized carbons (Fsp3) is 0.143. The summed E-state index contributed by atoms with van der Waals surface area (Å²) in [5.74, 6) is 0.552. The van der Waals surface area contributed by atoms with E-state index in [1.54, 1.807) is 47.6 Å². The van der Waals surface area contributed by atoms with E-state index >= 15 is 0 Å². The second-order valence-corrected chi connectivity index (χ2v) is 11.3. The first-order valence-corrected chi connectivity index (χ1v) is 15.1. The monoisotopic (exact) mass is 626 g/mol. The lowest BCUT2D eigenvalue weighted by molar-refractivity contribution is 0.0628. The summed E-state index contributed by atoms with van der Waals surface area (Å²) in [6.07, 6.45) is 3.78. The van der Waals surface area contributed by atoms with Crippen LogP contribution in [0.3, 0.4) is 0 Å². The zero-order valence-electron chi connectivity index (χ0n) is 25.2. The number of phenols is 1. The lowest BCUT2D eigenvalue weighted by Crippen LogP contribution is -2.48. The molecule has 12 nitrogen and oxygen atoms in total. The molecule has 0 saturated carbocycles. The molecule has 1 amide bonds. The Morgan fingerprint density at radius 2 is 1.72 bits per heavy atom. The molecule has 12 heteroatoms. The van der Waals surface area contributed by atoms with E-state index in [0.29, 0.717) is 84.2 Å². The van der Waals surface area contributed by atoms with Gasteiger partial charge in [-0.05, 0) is 72.3 Å². The van der Waals surface area contributed by atoms with Gasteiger partial charge in [-0.3, -0.25) is 23.9 Å². The third-order valence-corrected chi connectivity index (χ3v) is 8.34. The first-order valence-electron chi connectivity index (χ1n) is 15.1. The molecular weight excluding hydrogens is 596 g/mol. The maximum absolute atomic E-state index is 13.0. The van der Waals surface area contributed by atoms with Gasteiger partial charge in [-0.15, -0.1) is 0 Å². The van der Waals surface area contributed by atoms with Crippen molar-refractivity contribution < 1.29 is 14.7 Å². The number of nitrogens with one attached hydrogen (secondary N) is 1. The predicted octanol–water partition coefficient (Wildman–Crippen LogP) is 3.90. The Morgan fingerprint density at radius 1 is 0.936 bits per heavy atom. The molecule has 7 rings (SSSR count). The van der Waals surface area contributed by atoms with Crippen molar-refractivity contribution in [1.82, 2.24) is 34.3 Å². The summed E-state index contributed by atoms with van der Waals surface area (Å²) in [4.78, 5) is 57.3. The van der Waals surface area contributed by atoms with Crippen molar-refractivity contribution in [2.24, 2.45) is 0 Å². The number of aromatic amines is 1. The third-order valence-electron chi connectivity index (χ3n) is 8.34. The van der Waals surface area contributed by atoms with Crippen molar-refractivity contribution in [1.29, 1.82) is 0 Å². The molecule has 4 aromatic heterocycles. The van der Waals surface area contributed by atoms with Gasteiger partial charge in [0.25, 0.3) is 11.5 Å². The van der Waals surface area contributed by atoms with E-state index < -0.39 is 0 Å². The van der Waals surface area contributed by atoms with Gasteiger partial charge >= 0.3 is 0 Å². The normalized spacial score (nSPS) is 13.6. The smallest absolute Gasteiger partial charge is 0.257 e. The van der Waals surface area contributed by atoms with Gasteiger partial charge in [0.1, 0.15) is 17.1 Å². The van der Waals surface area contributed by atoms with Crippen LogP contribution in [0.4, 0.5) is 5.82 Å². The number of pyridine rings is 3. The molecule has 1 fully saturated rings. The van der Waals surface area contributed by atoms with Crippen LogP contribution in [0.15, 0.2) is 96.1 Å². The van der Waals surface area contributed by atoms with Crippen LogP contribution in [-0.4, -0.2) is 77.8 Å². The van der Waals surface area contributed by atoms with Gasteiger partial charge in [0.2, 0.25) is 0 Å². The Morgan fingerprint density at radius 3 is 2.45 bits per heavy atom. The van der Waals surface area contributed by atoms with E-state index in [4.69, 9.17) is 15.7 Å². The van der Waals surface area contributed by atoms with Gasteiger partial charge in [-0.1, -0.05) is 12.1 Å². The first kappa shape index (κ1) is 29.6. The highest BCUT2D eigenvalue weighted by atomic mass is 16.3. The number of carbonyl (C=O) groups is 2. The van der Waals surface area contributed by atoms with Crippen LogP contribution >= 0.6 is 0 Å². The number of hydrogen-bond donors (Lipinski definition) is 3. The SMILES string of the molecule is Nc1ncccc1-c1nc2ccc(-c3ccc[nH]c3=O)nc2n1-c1ccc(CN2CCN(C(=O)c3ccc(C=O)c(O)c3)CC2)cc1.